The number of methoxy groups -OCH3 is 2. The van der Waals surface area contributed by atoms with Gasteiger partial charge in [0.15, 0.2) is 5.76 Å². The van der Waals surface area contributed by atoms with E-state index >= 15 is 0 Å². The molecule has 0 aliphatic rings. The fourth-order valence-electron chi connectivity index (χ4n) is 1.69. The third-order valence-corrected chi connectivity index (χ3v) is 2.82. The summed E-state index contributed by atoms with van der Waals surface area (Å²) in [6.07, 6.45) is -0.356. The number of ether oxygens (including phenoxy) is 2. The van der Waals surface area contributed by atoms with Crippen molar-refractivity contribution in [2.75, 3.05) is 14.2 Å². The smallest absolute Gasteiger partial charge is 0.167 e. The van der Waals surface area contributed by atoms with Crippen LogP contribution in [-0.2, 0) is 4.84 Å². The van der Waals surface area contributed by atoms with Crippen LogP contribution >= 0.6 is 0 Å². The highest BCUT2D eigenvalue weighted by molar-refractivity contribution is 5.68. The van der Waals surface area contributed by atoms with Gasteiger partial charge in [0.2, 0.25) is 0 Å². The fourth-order valence-corrected chi connectivity index (χ4v) is 1.69. The molecule has 0 aliphatic heterocycles. The summed E-state index contributed by atoms with van der Waals surface area (Å²) in [5, 5.41) is 3.99. The quantitative estimate of drug-likeness (QED) is 0.835. The van der Waals surface area contributed by atoms with Gasteiger partial charge in [-0.1, -0.05) is 5.16 Å². The van der Waals surface area contributed by atoms with Gasteiger partial charge in [0, 0.05) is 17.7 Å². The predicted molar refractivity (Wildman–Crippen MR) is 68.7 cm³/mol. The molecular formula is C13H16N2O4. The Morgan fingerprint density at radius 1 is 1.21 bits per heavy atom. The molecule has 0 amide bonds. The first-order valence-electron chi connectivity index (χ1n) is 5.74. The summed E-state index contributed by atoms with van der Waals surface area (Å²) in [6, 6.07) is 7.23. The molecule has 0 spiro atoms. The van der Waals surface area contributed by atoms with Gasteiger partial charge < -0.3 is 14.0 Å². The topological polar surface area (TPSA) is 79.7 Å². The minimum Gasteiger partial charge on any atom is -0.497 e. The highest BCUT2D eigenvalue weighted by atomic mass is 16.6. The molecule has 0 radical (unpaired) electrons. The molecule has 19 heavy (non-hydrogen) atoms. The van der Waals surface area contributed by atoms with Gasteiger partial charge in [-0.3, -0.25) is 4.84 Å². The molecule has 6 nitrogen and oxygen atoms in total. The van der Waals surface area contributed by atoms with Gasteiger partial charge in [0.05, 0.1) is 14.2 Å². The van der Waals surface area contributed by atoms with Crippen molar-refractivity contribution in [3.8, 4) is 22.8 Å². The number of rotatable bonds is 5. The Labute approximate surface area is 111 Å². The first kappa shape index (κ1) is 13.4. The highest BCUT2D eigenvalue weighted by Crippen LogP contribution is 2.33. The third kappa shape index (κ3) is 2.69. The SMILES string of the molecule is COc1ccc(-c2cc([C@H](C)ON)on2)c(OC)c1. The zero-order valence-electron chi connectivity index (χ0n) is 11.0. The van der Waals surface area contributed by atoms with Crippen molar-refractivity contribution in [3.63, 3.8) is 0 Å². The van der Waals surface area contributed by atoms with E-state index in [0.29, 0.717) is 23.0 Å². The average Bonchev–Trinajstić information content (AvgIpc) is 2.95. The van der Waals surface area contributed by atoms with Crippen LogP contribution in [0.25, 0.3) is 11.3 Å². The Morgan fingerprint density at radius 3 is 2.63 bits per heavy atom. The fraction of sp³-hybridized carbons (Fsp3) is 0.308. The van der Waals surface area contributed by atoms with Gasteiger partial charge in [-0.05, 0) is 19.1 Å². The highest BCUT2D eigenvalue weighted by Gasteiger charge is 2.16. The van der Waals surface area contributed by atoms with E-state index in [1.807, 2.05) is 12.1 Å². The van der Waals surface area contributed by atoms with Crippen LogP contribution in [-0.4, -0.2) is 19.4 Å². The largest absolute Gasteiger partial charge is 0.497 e. The van der Waals surface area contributed by atoms with Crippen molar-refractivity contribution >= 4 is 0 Å². The first-order valence-corrected chi connectivity index (χ1v) is 5.74. The van der Waals surface area contributed by atoms with Gasteiger partial charge in [-0.2, -0.15) is 0 Å². The number of nitrogens with two attached hydrogens (primary N) is 1. The van der Waals surface area contributed by atoms with Crippen LogP contribution in [0.3, 0.4) is 0 Å². The molecule has 2 rings (SSSR count). The van der Waals surface area contributed by atoms with Gasteiger partial charge in [0.1, 0.15) is 23.3 Å². The summed E-state index contributed by atoms with van der Waals surface area (Å²) in [4.78, 5) is 4.69. The molecule has 0 saturated heterocycles. The number of hydrogen-bond acceptors (Lipinski definition) is 6. The molecule has 1 aromatic heterocycles. The number of aromatic nitrogens is 1. The molecule has 0 saturated carbocycles. The lowest BCUT2D eigenvalue weighted by atomic mass is 10.1. The first-order chi connectivity index (χ1) is 9.19. The minimum absolute atomic E-state index is 0.356. The molecule has 102 valence electrons. The molecule has 0 bridgehead atoms. The van der Waals surface area contributed by atoms with Crippen LogP contribution in [0.1, 0.15) is 18.8 Å². The van der Waals surface area contributed by atoms with Gasteiger partial charge in [-0.25, -0.2) is 5.90 Å². The molecule has 0 fully saturated rings. The van der Waals surface area contributed by atoms with Crippen LogP contribution in [0.5, 0.6) is 11.5 Å². The monoisotopic (exact) mass is 264 g/mol. The Morgan fingerprint density at radius 2 is 2.00 bits per heavy atom. The minimum atomic E-state index is -0.356. The Hall–Kier alpha value is -2.05. The Balaban J connectivity index is 2.38. The Bertz CT molecular complexity index is 553. The standard InChI is InChI=1S/C13H16N2O4/c1-8(18-14)12-7-11(15-19-12)10-5-4-9(16-2)6-13(10)17-3/h4-8H,14H2,1-3H3/t8-/m0/s1. The van der Waals surface area contributed by atoms with Crippen molar-refractivity contribution in [1.29, 1.82) is 0 Å². The Kier molecular flexibility index (Phi) is 4.03. The van der Waals surface area contributed by atoms with E-state index in [1.54, 1.807) is 33.3 Å². The molecule has 2 aromatic rings. The van der Waals surface area contributed by atoms with Gasteiger partial charge in [0.25, 0.3) is 0 Å². The second kappa shape index (κ2) is 5.73. The van der Waals surface area contributed by atoms with E-state index in [0.717, 1.165) is 5.56 Å². The number of benzene rings is 1. The van der Waals surface area contributed by atoms with Gasteiger partial charge in [-0.15, -0.1) is 0 Å². The van der Waals surface area contributed by atoms with Gasteiger partial charge >= 0.3 is 0 Å². The molecule has 6 heteroatoms. The van der Waals surface area contributed by atoms with E-state index in [-0.39, 0.29) is 6.10 Å². The van der Waals surface area contributed by atoms with Crippen LogP contribution in [0.2, 0.25) is 0 Å². The van der Waals surface area contributed by atoms with E-state index < -0.39 is 0 Å². The van der Waals surface area contributed by atoms with Crippen molar-refractivity contribution in [2.45, 2.75) is 13.0 Å². The van der Waals surface area contributed by atoms with Crippen LogP contribution in [0.4, 0.5) is 0 Å². The molecular weight excluding hydrogens is 248 g/mol. The van der Waals surface area contributed by atoms with Crippen molar-refractivity contribution in [3.05, 3.63) is 30.0 Å². The molecule has 2 N–H and O–H groups in total. The zero-order valence-corrected chi connectivity index (χ0v) is 11.0. The summed E-state index contributed by atoms with van der Waals surface area (Å²) < 4.78 is 15.7. The lowest BCUT2D eigenvalue weighted by molar-refractivity contribution is 0.0465. The summed E-state index contributed by atoms with van der Waals surface area (Å²) in [5.41, 5.74) is 1.46. The van der Waals surface area contributed by atoms with E-state index in [1.165, 1.54) is 0 Å². The predicted octanol–water partition coefficient (Wildman–Crippen LogP) is 2.31. The summed E-state index contributed by atoms with van der Waals surface area (Å²) in [6.45, 7) is 1.77. The number of nitrogens with zero attached hydrogens (tertiary/aromatic N) is 1. The average molecular weight is 264 g/mol. The second-order valence-corrected chi connectivity index (χ2v) is 3.96. The summed E-state index contributed by atoms with van der Waals surface area (Å²) >= 11 is 0. The van der Waals surface area contributed by atoms with Crippen LogP contribution < -0.4 is 15.4 Å². The maximum atomic E-state index is 5.32. The van der Waals surface area contributed by atoms with E-state index in [2.05, 4.69) is 5.16 Å². The third-order valence-electron chi connectivity index (χ3n) is 2.82. The van der Waals surface area contributed by atoms with Crippen molar-refractivity contribution in [2.24, 2.45) is 5.90 Å². The molecule has 0 aliphatic carbocycles. The lowest BCUT2D eigenvalue weighted by Gasteiger charge is -2.07. The van der Waals surface area contributed by atoms with E-state index in [4.69, 9.17) is 24.7 Å². The lowest BCUT2D eigenvalue weighted by Crippen LogP contribution is -2.03. The summed E-state index contributed by atoms with van der Waals surface area (Å²) in [5.74, 6) is 7.03. The molecule has 0 unspecified atom stereocenters. The zero-order chi connectivity index (χ0) is 13.8. The summed E-state index contributed by atoms with van der Waals surface area (Å²) in [7, 11) is 3.19. The van der Waals surface area contributed by atoms with Crippen molar-refractivity contribution < 1.29 is 18.8 Å². The van der Waals surface area contributed by atoms with E-state index in [9.17, 15) is 0 Å². The maximum absolute atomic E-state index is 5.32. The van der Waals surface area contributed by atoms with Crippen LogP contribution in [0.15, 0.2) is 28.8 Å². The maximum Gasteiger partial charge on any atom is 0.167 e. The molecule has 1 aromatic carbocycles. The van der Waals surface area contributed by atoms with Crippen LogP contribution in [0, 0.1) is 0 Å². The normalized spacial score (nSPS) is 12.2. The molecule has 1 heterocycles. The number of hydrogen-bond donors (Lipinski definition) is 1. The van der Waals surface area contributed by atoms with Crippen molar-refractivity contribution in [1.82, 2.24) is 5.16 Å². The second-order valence-electron chi connectivity index (χ2n) is 3.96. The molecule has 1 atom stereocenters.